The lowest BCUT2D eigenvalue weighted by atomic mass is 9.84. The molecule has 0 unspecified atom stereocenters. The van der Waals surface area contributed by atoms with E-state index in [1.54, 1.807) is 0 Å². The average Bonchev–Trinajstić information content (AvgIpc) is 2.16. The van der Waals surface area contributed by atoms with E-state index in [1.165, 1.54) is 25.9 Å². The summed E-state index contributed by atoms with van der Waals surface area (Å²) in [6.07, 6.45) is 5.17. The quantitative estimate of drug-likeness (QED) is 0.697. The first kappa shape index (κ1) is 12.7. The van der Waals surface area contributed by atoms with Crippen molar-refractivity contribution in [3.63, 3.8) is 0 Å². The van der Waals surface area contributed by atoms with Crippen molar-refractivity contribution in [3.05, 3.63) is 0 Å². The first-order valence-corrected chi connectivity index (χ1v) is 6.27. The third-order valence-corrected chi connectivity index (χ3v) is 3.30. The molecule has 2 heteroatoms. The number of Topliss-reactive ketones (excluding diaryl/α,β-unsaturated/α-hetero) is 1. The fraction of sp³-hybridized carbons (Fsp3) is 0.923. The molecule has 0 aromatic rings. The normalized spacial score (nSPS) is 21.5. The van der Waals surface area contributed by atoms with E-state index in [-0.39, 0.29) is 0 Å². The Morgan fingerprint density at radius 1 is 1.40 bits per heavy atom. The van der Waals surface area contributed by atoms with Gasteiger partial charge in [-0.3, -0.25) is 4.79 Å². The molecule has 0 aromatic heterocycles. The van der Waals surface area contributed by atoms with Crippen LogP contribution in [0.15, 0.2) is 0 Å². The maximum Gasteiger partial charge on any atom is 0.132 e. The monoisotopic (exact) mass is 211 g/mol. The minimum atomic E-state index is 0.409. The molecule has 1 heterocycles. The topological polar surface area (TPSA) is 20.3 Å². The van der Waals surface area contributed by atoms with E-state index in [0.717, 1.165) is 19.4 Å². The van der Waals surface area contributed by atoms with Gasteiger partial charge in [-0.25, -0.2) is 0 Å². The van der Waals surface area contributed by atoms with E-state index in [0.29, 0.717) is 17.6 Å². The molecule has 15 heavy (non-hydrogen) atoms. The highest BCUT2D eigenvalue weighted by molar-refractivity contribution is 5.77. The summed E-state index contributed by atoms with van der Waals surface area (Å²) >= 11 is 0. The third kappa shape index (κ3) is 4.78. The zero-order valence-corrected chi connectivity index (χ0v) is 10.5. The fourth-order valence-corrected chi connectivity index (χ4v) is 2.41. The van der Waals surface area contributed by atoms with Crippen molar-refractivity contribution in [3.8, 4) is 0 Å². The molecule has 0 bridgehead atoms. The summed E-state index contributed by atoms with van der Waals surface area (Å²) in [5.74, 6) is 0.409. The molecule has 1 aliphatic rings. The molecule has 1 rings (SSSR count). The zero-order valence-electron chi connectivity index (χ0n) is 10.5. The van der Waals surface area contributed by atoms with E-state index in [1.807, 2.05) is 6.92 Å². The van der Waals surface area contributed by atoms with Gasteiger partial charge in [0.1, 0.15) is 5.78 Å². The summed E-state index contributed by atoms with van der Waals surface area (Å²) in [5.41, 5.74) is 0.479. The third-order valence-electron chi connectivity index (χ3n) is 3.30. The summed E-state index contributed by atoms with van der Waals surface area (Å²) in [6, 6.07) is 0. The van der Waals surface area contributed by atoms with Crippen LogP contribution in [0.2, 0.25) is 0 Å². The van der Waals surface area contributed by atoms with Crippen LogP contribution < -0.4 is 0 Å². The second-order valence-electron chi connectivity index (χ2n) is 5.54. The molecule has 0 N–H and O–H groups in total. The average molecular weight is 211 g/mol. The highest BCUT2D eigenvalue weighted by Crippen LogP contribution is 2.28. The van der Waals surface area contributed by atoms with Gasteiger partial charge < -0.3 is 4.90 Å². The number of rotatable bonds is 5. The molecule has 0 aliphatic carbocycles. The van der Waals surface area contributed by atoms with Crippen LogP contribution in [-0.2, 0) is 4.79 Å². The predicted octanol–water partition coefficient (Wildman–Crippen LogP) is 2.87. The lowest BCUT2D eigenvalue weighted by Crippen LogP contribution is -2.40. The van der Waals surface area contributed by atoms with Crippen LogP contribution >= 0.6 is 0 Å². The Balaban J connectivity index is 2.18. The molecular weight excluding hydrogens is 186 g/mol. The molecule has 1 aliphatic heterocycles. The van der Waals surface area contributed by atoms with Gasteiger partial charge >= 0.3 is 0 Å². The van der Waals surface area contributed by atoms with Gasteiger partial charge in [-0.1, -0.05) is 20.8 Å². The van der Waals surface area contributed by atoms with Gasteiger partial charge in [0.25, 0.3) is 0 Å². The lowest BCUT2D eigenvalue weighted by Gasteiger charge is -2.38. The highest BCUT2D eigenvalue weighted by Gasteiger charge is 2.25. The second-order valence-corrected chi connectivity index (χ2v) is 5.54. The standard InChI is InChI=1S/C13H25NO/c1-4-12(15)7-5-9-14-10-6-8-13(2,3)11-14/h4-11H2,1-3H3. The van der Waals surface area contributed by atoms with E-state index >= 15 is 0 Å². The first-order chi connectivity index (χ1) is 7.03. The summed E-state index contributed by atoms with van der Waals surface area (Å²) in [5, 5.41) is 0. The zero-order chi connectivity index (χ0) is 11.3. The molecule has 0 spiro atoms. The van der Waals surface area contributed by atoms with Gasteiger partial charge in [-0.05, 0) is 37.8 Å². The van der Waals surface area contributed by atoms with Gasteiger partial charge in [0.2, 0.25) is 0 Å². The number of ketones is 1. The van der Waals surface area contributed by atoms with E-state index < -0.39 is 0 Å². The molecule has 0 radical (unpaired) electrons. The van der Waals surface area contributed by atoms with Gasteiger partial charge in [0.05, 0.1) is 0 Å². The molecule has 0 saturated carbocycles. The SMILES string of the molecule is CCC(=O)CCCN1CCCC(C)(C)C1. The van der Waals surface area contributed by atoms with Crippen molar-refractivity contribution in [1.82, 2.24) is 4.90 Å². The largest absolute Gasteiger partial charge is 0.303 e. The summed E-state index contributed by atoms with van der Waals surface area (Å²) in [6.45, 7) is 10.2. The Hall–Kier alpha value is -0.370. The first-order valence-electron chi connectivity index (χ1n) is 6.27. The molecular formula is C13H25NO. The molecule has 2 nitrogen and oxygen atoms in total. The van der Waals surface area contributed by atoms with Crippen LogP contribution in [0.3, 0.4) is 0 Å². The molecule has 0 aromatic carbocycles. The number of likely N-dealkylation sites (tertiary alicyclic amines) is 1. The lowest BCUT2D eigenvalue weighted by molar-refractivity contribution is -0.118. The van der Waals surface area contributed by atoms with Crippen molar-refractivity contribution in [2.24, 2.45) is 5.41 Å². The fourth-order valence-electron chi connectivity index (χ4n) is 2.41. The van der Waals surface area contributed by atoms with E-state index in [2.05, 4.69) is 18.7 Å². The van der Waals surface area contributed by atoms with E-state index in [4.69, 9.17) is 0 Å². The number of carbonyl (C=O) groups excluding carboxylic acids is 1. The molecule has 0 atom stereocenters. The van der Waals surface area contributed by atoms with E-state index in [9.17, 15) is 4.79 Å². The van der Waals surface area contributed by atoms with Crippen LogP contribution in [-0.4, -0.2) is 30.3 Å². The molecule has 1 fully saturated rings. The van der Waals surface area contributed by atoms with Gasteiger partial charge in [-0.15, -0.1) is 0 Å². The van der Waals surface area contributed by atoms with Gasteiger partial charge in [-0.2, -0.15) is 0 Å². The Kier molecular flexibility index (Phi) is 4.78. The summed E-state index contributed by atoms with van der Waals surface area (Å²) < 4.78 is 0. The van der Waals surface area contributed by atoms with Crippen LogP contribution in [0, 0.1) is 5.41 Å². The van der Waals surface area contributed by atoms with Gasteiger partial charge in [0.15, 0.2) is 0 Å². The van der Waals surface area contributed by atoms with Crippen LogP contribution in [0.25, 0.3) is 0 Å². The molecule has 1 saturated heterocycles. The summed E-state index contributed by atoms with van der Waals surface area (Å²) in [7, 11) is 0. The number of nitrogens with zero attached hydrogens (tertiary/aromatic N) is 1. The Morgan fingerprint density at radius 2 is 2.13 bits per heavy atom. The maximum absolute atomic E-state index is 11.2. The van der Waals surface area contributed by atoms with Crippen molar-refractivity contribution < 1.29 is 4.79 Å². The second kappa shape index (κ2) is 5.64. The number of piperidine rings is 1. The smallest absolute Gasteiger partial charge is 0.132 e. The number of hydrogen-bond donors (Lipinski definition) is 0. The van der Waals surface area contributed by atoms with Crippen LogP contribution in [0.1, 0.15) is 52.9 Å². The van der Waals surface area contributed by atoms with Gasteiger partial charge in [0, 0.05) is 19.4 Å². The Morgan fingerprint density at radius 3 is 2.73 bits per heavy atom. The Bertz CT molecular complexity index is 211. The maximum atomic E-state index is 11.2. The van der Waals surface area contributed by atoms with Crippen LogP contribution in [0.4, 0.5) is 0 Å². The minimum absolute atomic E-state index is 0.409. The number of hydrogen-bond acceptors (Lipinski definition) is 2. The van der Waals surface area contributed by atoms with Crippen molar-refractivity contribution in [2.75, 3.05) is 19.6 Å². The highest BCUT2D eigenvalue weighted by atomic mass is 16.1. The minimum Gasteiger partial charge on any atom is -0.303 e. The van der Waals surface area contributed by atoms with Crippen molar-refractivity contribution in [1.29, 1.82) is 0 Å². The van der Waals surface area contributed by atoms with Crippen LogP contribution in [0.5, 0.6) is 0 Å². The molecule has 88 valence electrons. The predicted molar refractivity (Wildman–Crippen MR) is 64.0 cm³/mol. The Labute approximate surface area is 94.0 Å². The number of carbonyl (C=O) groups is 1. The van der Waals surface area contributed by atoms with Crippen molar-refractivity contribution >= 4 is 5.78 Å². The molecule has 0 amide bonds. The van der Waals surface area contributed by atoms with Crippen molar-refractivity contribution in [2.45, 2.75) is 52.9 Å². The summed E-state index contributed by atoms with van der Waals surface area (Å²) in [4.78, 5) is 13.7.